The minimum absolute atomic E-state index is 0.557. The van der Waals surface area contributed by atoms with Crippen molar-refractivity contribution in [1.29, 1.82) is 0 Å². The molecule has 0 atom stereocenters. The maximum Gasteiger partial charge on any atom is 0.150 e. The Labute approximate surface area is 103 Å². The van der Waals surface area contributed by atoms with Gasteiger partial charge in [0.1, 0.15) is 12.0 Å². The molecule has 0 aromatic heterocycles. The molecule has 92 valence electrons. The van der Waals surface area contributed by atoms with E-state index in [1.807, 2.05) is 18.2 Å². The zero-order valence-electron chi connectivity index (χ0n) is 10.6. The Hall–Kier alpha value is -1.31. The summed E-state index contributed by atoms with van der Waals surface area (Å²) >= 11 is 0. The molecule has 0 amide bonds. The molecule has 0 aliphatic heterocycles. The van der Waals surface area contributed by atoms with Gasteiger partial charge < -0.3 is 4.74 Å². The monoisotopic (exact) mass is 232 g/mol. The summed E-state index contributed by atoms with van der Waals surface area (Å²) in [6.07, 6.45) is 5.88. The van der Waals surface area contributed by atoms with Gasteiger partial charge in [0.25, 0.3) is 0 Å². The molecule has 0 bridgehead atoms. The van der Waals surface area contributed by atoms with Gasteiger partial charge in [0.05, 0.1) is 7.11 Å². The number of ether oxygens (including phenoxy) is 1. The minimum Gasteiger partial charge on any atom is -0.496 e. The number of hydrogen-bond acceptors (Lipinski definition) is 2. The Balaban J connectivity index is 2.25. The van der Waals surface area contributed by atoms with Gasteiger partial charge >= 0.3 is 0 Å². The molecule has 1 fully saturated rings. The van der Waals surface area contributed by atoms with Gasteiger partial charge in [-0.1, -0.05) is 19.8 Å². The molecule has 0 heterocycles. The number of hydrogen-bond donors (Lipinski definition) is 0. The van der Waals surface area contributed by atoms with Crippen LogP contribution in [-0.4, -0.2) is 13.4 Å². The van der Waals surface area contributed by atoms with E-state index in [9.17, 15) is 4.79 Å². The van der Waals surface area contributed by atoms with Crippen molar-refractivity contribution >= 4 is 6.29 Å². The third kappa shape index (κ3) is 2.68. The number of methoxy groups -OCH3 is 1. The summed E-state index contributed by atoms with van der Waals surface area (Å²) < 4.78 is 5.41. The zero-order valence-corrected chi connectivity index (χ0v) is 10.6. The Morgan fingerprint density at radius 3 is 2.53 bits per heavy atom. The lowest BCUT2D eigenvalue weighted by Crippen LogP contribution is -2.12. The SMILES string of the molecule is COc1ccc(C=O)cc1C1CCC(C)CC1. The number of rotatable bonds is 3. The van der Waals surface area contributed by atoms with E-state index in [0.717, 1.165) is 23.5 Å². The highest BCUT2D eigenvalue weighted by atomic mass is 16.5. The second-order valence-electron chi connectivity index (χ2n) is 5.08. The van der Waals surface area contributed by atoms with Crippen molar-refractivity contribution in [2.75, 3.05) is 7.11 Å². The minimum atomic E-state index is 0.557. The second kappa shape index (κ2) is 5.35. The van der Waals surface area contributed by atoms with E-state index in [0.29, 0.717) is 5.92 Å². The van der Waals surface area contributed by atoms with E-state index < -0.39 is 0 Å². The first-order chi connectivity index (χ1) is 8.24. The Kier molecular flexibility index (Phi) is 3.82. The van der Waals surface area contributed by atoms with E-state index in [1.54, 1.807) is 7.11 Å². The van der Waals surface area contributed by atoms with Crippen molar-refractivity contribution in [1.82, 2.24) is 0 Å². The highest BCUT2D eigenvalue weighted by Crippen LogP contribution is 2.39. The third-order valence-electron chi connectivity index (χ3n) is 3.85. The first-order valence-corrected chi connectivity index (χ1v) is 6.37. The van der Waals surface area contributed by atoms with Gasteiger partial charge in [-0.15, -0.1) is 0 Å². The van der Waals surface area contributed by atoms with Gasteiger partial charge in [0, 0.05) is 5.56 Å². The van der Waals surface area contributed by atoms with Crippen molar-refractivity contribution in [3.63, 3.8) is 0 Å². The number of carbonyl (C=O) groups excluding carboxylic acids is 1. The molecule has 1 aromatic rings. The van der Waals surface area contributed by atoms with Gasteiger partial charge in [-0.3, -0.25) is 4.79 Å². The summed E-state index contributed by atoms with van der Waals surface area (Å²) in [7, 11) is 1.70. The molecule has 1 saturated carbocycles. The molecule has 0 radical (unpaired) electrons. The zero-order chi connectivity index (χ0) is 12.3. The predicted molar refractivity (Wildman–Crippen MR) is 68.8 cm³/mol. The first kappa shape index (κ1) is 12.2. The smallest absolute Gasteiger partial charge is 0.150 e. The van der Waals surface area contributed by atoms with E-state index in [2.05, 4.69) is 6.92 Å². The summed E-state index contributed by atoms with van der Waals surface area (Å²) in [4.78, 5) is 10.9. The molecule has 1 aromatic carbocycles. The Bertz CT molecular complexity index is 390. The second-order valence-corrected chi connectivity index (χ2v) is 5.08. The van der Waals surface area contributed by atoms with Crippen LogP contribution in [0.1, 0.15) is 54.4 Å². The summed E-state index contributed by atoms with van der Waals surface area (Å²) in [5.74, 6) is 2.32. The topological polar surface area (TPSA) is 26.3 Å². The average Bonchev–Trinajstić information content (AvgIpc) is 2.39. The molecule has 2 nitrogen and oxygen atoms in total. The van der Waals surface area contributed by atoms with Crippen LogP contribution in [-0.2, 0) is 0 Å². The van der Waals surface area contributed by atoms with Crippen molar-refractivity contribution in [2.45, 2.75) is 38.5 Å². The van der Waals surface area contributed by atoms with Crippen LogP contribution < -0.4 is 4.74 Å². The molecule has 0 spiro atoms. The quantitative estimate of drug-likeness (QED) is 0.741. The lowest BCUT2D eigenvalue weighted by Gasteiger charge is -2.27. The van der Waals surface area contributed by atoms with Crippen LogP contribution in [0.25, 0.3) is 0 Å². The highest BCUT2D eigenvalue weighted by molar-refractivity contribution is 5.75. The van der Waals surface area contributed by atoms with Gasteiger partial charge in [-0.05, 0) is 48.4 Å². The van der Waals surface area contributed by atoms with Gasteiger partial charge in [0.2, 0.25) is 0 Å². The molecule has 0 unspecified atom stereocenters. The van der Waals surface area contributed by atoms with E-state index >= 15 is 0 Å². The first-order valence-electron chi connectivity index (χ1n) is 6.37. The summed E-state index contributed by atoms with van der Waals surface area (Å²) in [6.45, 7) is 2.31. The van der Waals surface area contributed by atoms with Crippen LogP contribution in [0.5, 0.6) is 5.75 Å². The largest absolute Gasteiger partial charge is 0.496 e. The molecular weight excluding hydrogens is 212 g/mol. The Morgan fingerprint density at radius 2 is 1.94 bits per heavy atom. The fourth-order valence-corrected chi connectivity index (χ4v) is 2.72. The normalized spacial score (nSPS) is 24.4. The van der Waals surface area contributed by atoms with Gasteiger partial charge in [0.15, 0.2) is 0 Å². The van der Waals surface area contributed by atoms with Crippen LogP contribution in [0.15, 0.2) is 18.2 Å². The molecule has 2 heteroatoms. The summed E-state index contributed by atoms with van der Waals surface area (Å²) in [6, 6.07) is 5.73. The van der Waals surface area contributed by atoms with Crippen molar-refractivity contribution in [3.8, 4) is 5.75 Å². The van der Waals surface area contributed by atoms with Crippen molar-refractivity contribution in [3.05, 3.63) is 29.3 Å². The third-order valence-corrected chi connectivity index (χ3v) is 3.85. The van der Waals surface area contributed by atoms with Crippen LogP contribution in [0, 0.1) is 5.92 Å². The highest BCUT2D eigenvalue weighted by Gasteiger charge is 2.22. The summed E-state index contributed by atoms with van der Waals surface area (Å²) in [5, 5.41) is 0. The van der Waals surface area contributed by atoms with Gasteiger partial charge in [-0.25, -0.2) is 0 Å². The standard InChI is InChI=1S/C15H20O2/c1-11-3-6-13(7-4-11)14-9-12(10-16)5-8-15(14)17-2/h5,8-11,13H,3-4,6-7H2,1-2H3. The van der Waals surface area contributed by atoms with Crippen LogP contribution >= 0.6 is 0 Å². The van der Waals surface area contributed by atoms with Crippen molar-refractivity contribution < 1.29 is 9.53 Å². The van der Waals surface area contributed by atoms with E-state index in [1.165, 1.54) is 31.2 Å². The number of aldehydes is 1. The fraction of sp³-hybridized carbons (Fsp3) is 0.533. The molecular formula is C15H20O2. The molecule has 2 rings (SSSR count). The van der Waals surface area contributed by atoms with Crippen molar-refractivity contribution in [2.24, 2.45) is 5.92 Å². The van der Waals surface area contributed by atoms with Gasteiger partial charge in [-0.2, -0.15) is 0 Å². The maximum absolute atomic E-state index is 10.9. The van der Waals surface area contributed by atoms with E-state index in [-0.39, 0.29) is 0 Å². The molecule has 17 heavy (non-hydrogen) atoms. The lowest BCUT2D eigenvalue weighted by atomic mass is 9.79. The van der Waals surface area contributed by atoms with Crippen LogP contribution in [0.3, 0.4) is 0 Å². The van der Waals surface area contributed by atoms with Crippen LogP contribution in [0.2, 0.25) is 0 Å². The summed E-state index contributed by atoms with van der Waals surface area (Å²) in [5.41, 5.74) is 1.96. The molecule has 1 aliphatic carbocycles. The van der Waals surface area contributed by atoms with Crippen LogP contribution in [0.4, 0.5) is 0 Å². The number of carbonyl (C=O) groups is 1. The van der Waals surface area contributed by atoms with E-state index in [4.69, 9.17) is 4.74 Å². The fourth-order valence-electron chi connectivity index (χ4n) is 2.72. The molecule has 0 saturated heterocycles. The maximum atomic E-state index is 10.9. The average molecular weight is 232 g/mol. The lowest BCUT2D eigenvalue weighted by molar-refractivity contribution is 0.112. The molecule has 1 aliphatic rings. The molecule has 0 N–H and O–H groups in total. The Morgan fingerprint density at radius 1 is 1.24 bits per heavy atom. The predicted octanol–water partition coefficient (Wildman–Crippen LogP) is 3.80. The number of benzene rings is 1.